The average molecular weight is 385 g/mol. The van der Waals surface area contributed by atoms with E-state index in [4.69, 9.17) is 8.83 Å². The maximum absolute atomic E-state index is 5.57. The topological polar surface area (TPSA) is 89.9 Å². The van der Waals surface area contributed by atoms with E-state index in [1.165, 1.54) is 28.7 Å². The van der Waals surface area contributed by atoms with E-state index in [1.54, 1.807) is 18.4 Å². The van der Waals surface area contributed by atoms with Gasteiger partial charge in [0.2, 0.25) is 11.0 Å². The van der Waals surface area contributed by atoms with Crippen LogP contribution in [0.3, 0.4) is 0 Å². The molecule has 0 bridgehead atoms. The zero-order chi connectivity index (χ0) is 17.6. The standard InChI is InChI=1S/C17H15N5O2S2/c1-2-5-12(6-3-1)8-9-18-16-21-22-17(26-16)25-11-14-19-20-15(24-14)13-7-4-10-23-13/h1-7,10H,8-9,11H2,(H,18,21). The summed E-state index contributed by atoms with van der Waals surface area (Å²) >= 11 is 3.03. The van der Waals surface area contributed by atoms with Gasteiger partial charge >= 0.3 is 0 Å². The second-order valence-corrected chi connectivity index (χ2v) is 7.50. The highest BCUT2D eigenvalue weighted by Crippen LogP contribution is 2.28. The van der Waals surface area contributed by atoms with E-state index in [-0.39, 0.29) is 0 Å². The fraction of sp³-hybridized carbons (Fsp3) is 0.176. The van der Waals surface area contributed by atoms with Crippen LogP contribution in [0.25, 0.3) is 11.7 Å². The first-order valence-corrected chi connectivity index (χ1v) is 9.77. The van der Waals surface area contributed by atoms with Gasteiger partial charge in [-0.1, -0.05) is 53.4 Å². The third-order valence-corrected chi connectivity index (χ3v) is 5.46. The Kier molecular flexibility index (Phi) is 5.27. The van der Waals surface area contributed by atoms with Crippen molar-refractivity contribution in [3.8, 4) is 11.7 Å². The lowest BCUT2D eigenvalue weighted by atomic mass is 10.2. The van der Waals surface area contributed by atoms with E-state index in [2.05, 4.69) is 37.8 Å². The second kappa shape index (κ2) is 8.15. The molecule has 0 aliphatic carbocycles. The van der Waals surface area contributed by atoms with Gasteiger partial charge < -0.3 is 14.2 Å². The number of furan rings is 1. The molecule has 0 aliphatic rings. The van der Waals surface area contributed by atoms with Crippen LogP contribution in [-0.2, 0) is 12.2 Å². The van der Waals surface area contributed by atoms with Crippen molar-refractivity contribution in [2.45, 2.75) is 16.5 Å². The normalized spacial score (nSPS) is 10.9. The van der Waals surface area contributed by atoms with Crippen molar-refractivity contribution in [2.75, 3.05) is 11.9 Å². The molecule has 1 aromatic carbocycles. The smallest absolute Gasteiger partial charge is 0.283 e. The predicted octanol–water partition coefficient (Wildman–Crippen LogP) is 4.13. The Hall–Kier alpha value is -2.65. The molecule has 132 valence electrons. The van der Waals surface area contributed by atoms with Crippen LogP contribution in [0, 0.1) is 0 Å². The summed E-state index contributed by atoms with van der Waals surface area (Å²) < 4.78 is 11.7. The zero-order valence-corrected chi connectivity index (χ0v) is 15.3. The summed E-state index contributed by atoms with van der Waals surface area (Å²) in [4.78, 5) is 0. The van der Waals surface area contributed by atoms with Gasteiger partial charge in [-0.25, -0.2) is 0 Å². The number of nitrogens with one attached hydrogen (secondary N) is 1. The molecule has 0 fully saturated rings. The van der Waals surface area contributed by atoms with Crippen molar-refractivity contribution in [1.29, 1.82) is 0 Å². The van der Waals surface area contributed by atoms with Crippen LogP contribution in [0.4, 0.5) is 5.13 Å². The zero-order valence-electron chi connectivity index (χ0n) is 13.7. The number of hydrogen-bond acceptors (Lipinski definition) is 9. The Bertz CT molecular complexity index is 937. The summed E-state index contributed by atoms with van der Waals surface area (Å²) in [5, 5.41) is 20.4. The van der Waals surface area contributed by atoms with E-state index in [0.29, 0.717) is 23.3 Å². The van der Waals surface area contributed by atoms with E-state index >= 15 is 0 Å². The second-order valence-electron chi connectivity index (χ2n) is 5.30. The first-order chi connectivity index (χ1) is 12.9. The minimum atomic E-state index is 0.381. The number of aromatic nitrogens is 4. The minimum Gasteiger partial charge on any atom is -0.459 e. The van der Waals surface area contributed by atoms with Crippen LogP contribution in [-0.4, -0.2) is 26.9 Å². The molecule has 0 unspecified atom stereocenters. The molecular formula is C17H15N5O2S2. The third-order valence-electron chi connectivity index (χ3n) is 3.46. The number of rotatable bonds is 8. The van der Waals surface area contributed by atoms with Crippen molar-refractivity contribution >= 4 is 28.2 Å². The van der Waals surface area contributed by atoms with Gasteiger partial charge in [-0.15, -0.1) is 20.4 Å². The van der Waals surface area contributed by atoms with Gasteiger partial charge in [0, 0.05) is 6.54 Å². The maximum atomic E-state index is 5.57. The number of benzene rings is 1. The van der Waals surface area contributed by atoms with Crippen LogP contribution in [0.2, 0.25) is 0 Å². The van der Waals surface area contributed by atoms with Gasteiger partial charge in [0.05, 0.1) is 12.0 Å². The molecule has 1 N–H and O–H groups in total. The summed E-state index contributed by atoms with van der Waals surface area (Å²) in [7, 11) is 0. The lowest BCUT2D eigenvalue weighted by molar-refractivity contribution is 0.494. The van der Waals surface area contributed by atoms with Gasteiger partial charge in [0.25, 0.3) is 5.89 Å². The summed E-state index contributed by atoms with van der Waals surface area (Å²) in [6.45, 7) is 0.819. The average Bonchev–Trinajstić information content (AvgIpc) is 3.42. The number of thioether (sulfide) groups is 1. The van der Waals surface area contributed by atoms with Crippen LogP contribution >= 0.6 is 23.1 Å². The van der Waals surface area contributed by atoms with Gasteiger partial charge in [0.15, 0.2) is 10.1 Å². The van der Waals surface area contributed by atoms with Crippen molar-refractivity contribution in [2.24, 2.45) is 0 Å². The Morgan fingerprint density at radius 2 is 1.92 bits per heavy atom. The predicted molar refractivity (Wildman–Crippen MR) is 100 cm³/mol. The fourth-order valence-corrected chi connectivity index (χ4v) is 3.85. The minimum absolute atomic E-state index is 0.381. The SMILES string of the molecule is c1ccc(CCNc2nnc(SCc3nnc(-c4ccco4)o3)s2)cc1. The summed E-state index contributed by atoms with van der Waals surface area (Å²) in [6.07, 6.45) is 2.52. The highest BCUT2D eigenvalue weighted by Gasteiger charge is 2.12. The van der Waals surface area contributed by atoms with Crippen molar-refractivity contribution in [3.63, 3.8) is 0 Å². The van der Waals surface area contributed by atoms with Crippen molar-refractivity contribution in [1.82, 2.24) is 20.4 Å². The van der Waals surface area contributed by atoms with E-state index in [9.17, 15) is 0 Å². The quantitative estimate of drug-likeness (QED) is 0.453. The lowest BCUT2D eigenvalue weighted by Crippen LogP contribution is -2.04. The van der Waals surface area contributed by atoms with Gasteiger partial charge in [-0.05, 0) is 24.1 Å². The summed E-state index contributed by atoms with van der Waals surface area (Å²) in [5.74, 6) is 2.00. The molecule has 9 heteroatoms. The summed E-state index contributed by atoms with van der Waals surface area (Å²) in [6, 6.07) is 13.9. The maximum Gasteiger partial charge on any atom is 0.283 e. The molecule has 0 spiro atoms. The van der Waals surface area contributed by atoms with E-state index < -0.39 is 0 Å². The molecule has 7 nitrogen and oxygen atoms in total. The molecule has 0 radical (unpaired) electrons. The lowest BCUT2D eigenvalue weighted by Gasteiger charge is -2.01. The molecule has 0 aliphatic heterocycles. The Labute approximate surface area is 157 Å². The molecule has 0 atom stereocenters. The van der Waals surface area contributed by atoms with E-state index in [0.717, 1.165) is 22.4 Å². The first kappa shape index (κ1) is 16.8. The Morgan fingerprint density at radius 3 is 2.77 bits per heavy atom. The highest BCUT2D eigenvalue weighted by atomic mass is 32.2. The third kappa shape index (κ3) is 4.30. The molecule has 0 saturated heterocycles. The molecule has 0 amide bonds. The molecule has 3 aromatic heterocycles. The number of anilines is 1. The summed E-state index contributed by atoms with van der Waals surface area (Å²) in [5.41, 5.74) is 1.29. The van der Waals surface area contributed by atoms with Gasteiger partial charge in [-0.2, -0.15) is 0 Å². The highest BCUT2D eigenvalue weighted by molar-refractivity contribution is 8.00. The van der Waals surface area contributed by atoms with Gasteiger partial charge in [0.1, 0.15) is 0 Å². The molecule has 0 saturated carbocycles. The molecule has 4 rings (SSSR count). The van der Waals surface area contributed by atoms with Crippen LogP contribution in [0.5, 0.6) is 0 Å². The molecule has 4 aromatic rings. The number of hydrogen-bond donors (Lipinski definition) is 1. The monoisotopic (exact) mass is 385 g/mol. The van der Waals surface area contributed by atoms with Crippen LogP contribution in [0.1, 0.15) is 11.5 Å². The van der Waals surface area contributed by atoms with Crippen LogP contribution < -0.4 is 5.32 Å². The van der Waals surface area contributed by atoms with Gasteiger partial charge in [-0.3, -0.25) is 0 Å². The van der Waals surface area contributed by atoms with Crippen LogP contribution in [0.15, 0.2) is 61.9 Å². The first-order valence-electron chi connectivity index (χ1n) is 7.97. The van der Waals surface area contributed by atoms with Crippen molar-refractivity contribution in [3.05, 3.63) is 60.2 Å². The Balaban J connectivity index is 1.26. The molecule has 3 heterocycles. The number of nitrogens with zero attached hydrogens (tertiary/aromatic N) is 4. The molecular weight excluding hydrogens is 370 g/mol. The largest absolute Gasteiger partial charge is 0.459 e. The fourth-order valence-electron chi connectivity index (χ4n) is 2.23. The Morgan fingerprint density at radius 1 is 1.00 bits per heavy atom. The van der Waals surface area contributed by atoms with Crippen molar-refractivity contribution < 1.29 is 8.83 Å². The van der Waals surface area contributed by atoms with E-state index in [1.807, 2.05) is 18.2 Å². The molecule has 26 heavy (non-hydrogen) atoms.